The van der Waals surface area contributed by atoms with Gasteiger partial charge in [0.15, 0.2) is 11.5 Å². The number of imide groups is 1. The number of aryl methyl sites for hydroxylation is 1. The number of thiophene rings is 1. The second-order valence-corrected chi connectivity index (χ2v) is 8.11. The van der Waals surface area contributed by atoms with Crippen molar-refractivity contribution in [2.45, 2.75) is 24.5 Å². The Balaban J connectivity index is 1.35. The summed E-state index contributed by atoms with van der Waals surface area (Å²) in [4.78, 5) is 35.2. The Morgan fingerprint density at radius 2 is 2.11 bits per heavy atom. The van der Waals surface area contributed by atoms with Crippen molar-refractivity contribution >= 4 is 45.1 Å². The Hall–Kier alpha value is -2.65. The number of ether oxygens (including phenoxy) is 2. The molecule has 0 bridgehead atoms. The number of para-hydroxylation sites is 2. The highest BCUT2D eigenvalue weighted by molar-refractivity contribution is 8.00. The van der Waals surface area contributed by atoms with E-state index < -0.39 is 17.9 Å². The van der Waals surface area contributed by atoms with E-state index in [1.807, 2.05) is 6.07 Å². The van der Waals surface area contributed by atoms with Gasteiger partial charge in [0.05, 0.1) is 5.75 Å². The van der Waals surface area contributed by atoms with E-state index in [2.05, 4.69) is 28.3 Å². The number of nitrogens with zero attached hydrogens (tertiary/aromatic N) is 2. The van der Waals surface area contributed by atoms with Crippen LogP contribution in [0.15, 0.2) is 41.7 Å². The average Bonchev–Trinajstić information content (AvgIpc) is 3.16. The minimum Gasteiger partial charge on any atom is -0.485 e. The predicted molar refractivity (Wildman–Crippen MR) is 107 cm³/mol. The van der Waals surface area contributed by atoms with E-state index in [1.165, 1.54) is 23.0 Å². The first-order valence-corrected chi connectivity index (χ1v) is 10.5. The molecule has 2 aromatic heterocycles. The molecular formula is C19H17N3O4S2. The second kappa shape index (κ2) is 8.15. The van der Waals surface area contributed by atoms with Gasteiger partial charge in [-0.3, -0.25) is 14.9 Å². The zero-order valence-corrected chi connectivity index (χ0v) is 16.6. The summed E-state index contributed by atoms with van der Waals surface area (Å²) in [7, 11) is 0. The standard InChI is InChI=1S/C19H17N3O4S2/c1-2-11-7-12-18(20-10-21-19(12)28-11)27-9-16(23)22-17(24)15-8-25-13-5-3-4-6-14(13)26-15/h3-7,10,15H,2,8-9H2,1H3,(H,22,23,24). The summed E-state index contributed by atoms with van der Waals surface area (Å²) in [5.41, 5.74) is 0. The lowest BCUT2D eigenvalue weighted by atomic mass is 10.2. The Morgan fingerprint density at radius 3 is 2.93 bits per heavy atom. The number of thioether (sulfide) groups is 1. The van der Waals surface area contributed by atoms with E-state index in [9.17, 15) is 9.59 Å². The van der Waals surface area contributed by atoms with Gasteiger partial charge in [-0.15, -0.1) is 11.3 Å². The molecular weight excluding hydrogens is 398 g/mol. The molecule has 3 aromatic rings. The van der Waals surface area contributed by atoms with Crippen LogP contribution in [-0.2, 0) is 16.0 Å². The molecule has 1 aliphatic rings. The molecule has 4 rings (SSSR count). The monoisotopic (exact) mass is 415 g/mol. The number of fused-ring (bicyclic) bond motifs is 2. The molecule has 9 heteroatoms. The van der Waals surface area contributed by atoms with E-state index in [1.54, 1.807) is 29.5 Å². The van der Waals surface area contributed by atoms with Crippen LogP contribution in [0.1, 0.15) is 11.8 Å². The van der Waals surface area contributed by atoms with Crippen LogP contribution in [0.5, 0.6) is 11.5 Å². The van der Waals surface area contributed by atoms with Crippen LogP contribution in [0.3, 0.4) is 0 Å². The Morgan fingerprint density at radius 1 is 1.29 bits per heavy atom. The van der Waals surface area contributed by atoms with Crippen LogP contribution in [0.25, 0.3) is 10.2 Å². The van der Waals surface area contributed by atoms with Crippen LogP contribution >= 0.6 is 23.1 Å². The van der Waals surface area contributed by atoms with Crippen LogP contribution in [0, 0.1) is 0 Å². The lowest BCUT2D eigenvalue weighted by Gasteiger charge is -2.25. The fraction of sp³-hybridized carbons (Fsp3) is 0.263. The highest BCUT2D eigenvalue weighted by Gasteiger charge is 2.28. The molecule has 0 aliphatic carbocycles. The number of nitrogens with one attached hydrogen (secondary N) is 1. The largest absolute Gasteiger partial charge is 0.485 e. The average molecular weight is 415 g/mol. The first-order chi connectivity index (χ1) is 13.6. The van der Waals surface area contributed by atoms with Crippen LogP contribution < -0.4 is 14.8 Å². The van der Waals surface area contributed by atoms with Crippen LogP contribution in [-0.4, -0.2) is 40.2 Å². The number of benzene rings is 1. The Bertz CT molecular complexity index is 1040. The van der Waals surface area contributed by atoms with Crippen molar-refractivity contribution in [1.29, 1.82) is 0 Å². The van der Waals surface area contributed by atoms with E-state index >= 15 is 0 Å². The highest BCUT2D eigenvalue weighted by atomic mass is 32.2. The van der Waals surface area contributed by atoms with Gasteiger partial charge in [0.2, 0.25) is 12.0 Å². The Labute approximate surface area is 169 Å². The van der Waals surface area contributed by atoms with Crippen molar-refractivity contribution in [3.05, 3.63) is 41.5 Å². The summed E-state index contributed by atoms with van der Waals surface area (Å²) in [6.07, 6.45) is 1.56. The van der Waals surface area contributed by atoms with Crippen LogP contribution in [0.4, 0.5) is 0 Å². The minimum atomic E-state index is -0.862. The summed E-state index contributed by atoms with van der Waals surface area (Å²) in [5, 5.41) is 4.04. The molecule has 0 radical (unpaired) electrons. The molecule has 28 heavy (non-hydrogen) atoms. The molecule has 3 heterocycles. The van der Waals surface area contributed by atoms with Gasteiger partial charge >= 0.3 is 0 Å². The maximum absolute atomic E-state index is 12.3. The van der Waals surface area contributed by atoms with Gasteiger partial charge in [-0.05, 0) is 24.6 Å². The summed E-state index contributed by atoms with van der Waals surface area (Å²) in [6, 6.07) is 9.15. The minimum absolute atomic E-state index is 0.0600. The zero-order chi connectivity index (χ0) is 19.5. The molecule has 1 aromatic carbocycles. The van der Waals surface area contributed by atoms with E-state index in [4.69, 9.17) is 9.47 Å². The molecule has 0 saturated carbocycles. The lowest BCUT2D eigenvalue weighted by molar-refractivity contribution is -0.135. The molecule has 1 N–H and O–H groups in total. The topological polar surface area (TPSA) is 90.4 Å². The molecule has 0 spiro atoms. The molecule has 1 aliphatic heterocycles. The molecule has 0 fully saturated rings. The van der Waals surface area contributed by atoms with Gasteiger partial charge in [0.25, 0.3) is 5.91 Å². The third-order valence-electron chi connectivity index (χ3n) is 4.10. The number of carbonyl (C=O) groups is 2. The summed E-state index contributed by atoms with van der Waals surface area (Å²) in [5.74, 6) is 0.220. The quantitative estimate of drug-likeness (QED) is 0.506. The smallest absolute Gasteiger partial charge is 0.271 e. The normalized spacial score (nSPS) is 15.4. The van der Waals surface area contributed by atoms with Crippen molar-refractivity contribution in [3.63, 3.8) is 0 Å². The van der Waals surface area contributed by atoms with Gasteiger partial charge in [-0.1, -0.05) is 30.8 Å². The summed E-state index contributed by atoms with van der Waals surface area (Å²) in [6.45, 7) is 2.14. The Kier molecular flexibility index (Phi) is 5.45. The molecule has 2 amide bonds. The van der Waals surface area contributed by atoms with E-state index in [0.29, 0.717) is 11.5 Å². The summed E-state index contributed by atoms with van der Waals surface area (Å²) >= 11 is 2.90. The second-order valence-electron chi connectivity index (χ2n) is 6.03. The van der Waals surface area contributed by atoms with E-state index in [-0.39, 0.29) is 12.4 Å². The third-order valence-corrected chi connectivity index (χ3v) is 6.29. The molecule has 0 saturated heterocycles. The number of hydrogen-bond donors (Lipinski definition) is 1. The fourth-order valence-corrected chi connectivity index (χ4v) is 4.48. The van der Waals surface area contributed by atoms with Crippen molar-refractivity contribution < 1.29 is 19.1 Å². The predicted octanol–water partition coefficient (Wildman–Crippen LogP) is 2.83. The van der Waals surface area contributed by atoms with Crippen molar-refractivity contribution in [2.75, 3.05) is 12.4 Å². The van der Waals surface area contributed by atoms with Gasteiger partial charge in [-0.2, -0.15) is 0 Å². The summed E-state index contributed by atoms with van der Waals surface area (Å²) < 4.78 is 11.1. The van der Waals surface area contributed by atoms with Crippen molar-refractivity contribution in [2.24, 2.45) is 0 Å². The fourth-order valence-electron chi connectivity index (χ4n) is 2.71. The number of hydrogen-bond acceptors (Lipinski definition) is 8. The van der Waals surface area contributed by atoms with Gasteiger partial charge in [0, 0.05) is 10.3 Å². The lowest BCUT2D eigenvalue weighted by Crippen LogP contribution is -2.46. The van der Waals surface area contributed by atoms with Crippen molar-refractivity contribution in [3.8, 4) is 11.5 Å². The van der Waals surface area contributed by atoms with Gasteiger partial charge in [0.1, 0.15) is 22.8 Å². The van der Waals surface area contributed by atoms with Crippen molar-refractivity contribution in [1.82, 2.24) is 15.3 Å². The van der Waals surface area contributed by atoms with E-state index in [0.717, 1.165) is 21.7 Å². The third kappa shape index (κ3) is 3.95. The molecule has 1 unspecified atom stereocenters. The number of carbonyl (C=O) groups excluding carboxylic acids is 2. The van der Waals surface area contributed by atoms with Gasteiger partial charge in [-0.25, -0.2) is 9.97 Å². The zero-order valence-electron chi connectivity index (χ0n) is 15.0. The SMILES string of the molecule is CCc1cc2c(SCC(=O)NC(=O)C3COc4ccccc4O3)ncnc2s1. The molecule has 7 nitrogen and oxygen atoms in total. The first kappa shape index (κ1) is 18.7. The number of aromatic nitrogens is 2. The van der Waals surface area contributed by atoms with Crippen LogP contribution in [0.2, 0.25) is 0 Å². The molecule has 1 atom stereocenters. The maximum Gasteiger partial charge on any atom is 0.271 e. The highest BCUT2D eigenvalue weighted by Crippen LogP contribution is 2.32. The maximum atomic E-state index is 12.3. The number of amides is 2. The van der Waals surface area contributed by atoms with Gasteiger partial charge < -0.3 is 9.47 Å². The number of rotatable bonds is 5. The first-order valence-electron chi connectivity index (χ1n) is 8.72. The molecule has 144 valence electrons.